The van der Waals surface area contributed by atoms with Crippen molar-refractivity contribution in [2.75, 3.05) is 6.61 Å². The highest BCUT2D eigenvalue weighted by Gasteiger charge is 2.36. The Labute approximate surface area is 167 Å². The largest absolute Gasteiger partial charge is 0.486 e. The van der Waals surface area contributed by atoms with Crippen molar-refractivity contribution >= 4 is 5.97 Å². The molecule has 0 spiro atoms. The Morgan fingerprint density at radius 3 is 2.55 bits per heavy atom. The highest BCUT2D eigenvalue weighted by molar-refractivity contribution is 5.67. The Morgan fingerprint density at radius 2 is 1.93 bits per heavy atom. The number of aliphatic carboxylic acids is 1. The Balaban J connectivity index is 1.79. The van der Waals surface area contributed by atoms with Crippen LogP contribution in [0.4, 0.5) is 13.2 Å². The van der Waals surface area contributed by atoms with Gasteiger partial charge in [-0.1, -0.05) is 24.3 Å². The van der Waals surface area contributed by atoms with E-state index in [1.807, 2.05) is 0 Å². The topological polar surface area (TPSA) is 55.8 Å². The Morgan fingerprint density at radius 1 is 1.21 bits per heavy atom. The van der Waals surface area contributed by atoms with Crippen LogP contribution in [0.3, 0.4) is 0 Å². The zero-order valence-electron chi connectivity index (χ0n) is 16.0. The predicted octanol–water partition coefficient (Wildman–Crippen LogP) is 5.71. The van der Waals surface area contributed by atoms with Gasteiger partial charge in [0.1, 0.15) is 11.9 Å². The number of carboxylic acids is 1. The van der Waals surface area contributed by atoms with Crippen LogP contribution in [-0.2, 0) is 22.1 Å². The SMILES string of the molecule is CCO[C@@H](CC(=O)O)c1ccc(OC2CCCc3c2cccc3C(F)(F)F)cc1. The van der Waals surface area contributed by atoms with E-state index < -0.39 is 29.9 Å². The molecule has 156 valence electrons. The first-order chi connectivity index (χ1) is 13.8. The quantitative estimate of drug-likeness (QED) is 0.637. The average Bonchev–Trinajstić information content (AvgIpc) is 2.67. The van der Waals surface area contributed by atoms with Crippen molar-refractivity contribution < 1.29 is 32.5 Å². The summed E-state index contributed by atoms with van der Waals surface area (Å²) < 4.78 is 51.4. The smallest absolute Gasteiger partial charge is 0.416 e. The van der Waals surface area contributed by atoms with E-state index in [1.165, 1.54) is 6.07 Å². The minimum Gasteiger partial charge on any atom is -0.486 e. The number of halogens is 3. The zero-order valence-corrected chi connectivity index (χ0v) is 16.0. The molecule has 1 aliphatic rings. The normalized spacial score (nSPS) is 17.4. The third-order valence-corrected chi connectivity index (χ3v) is 5.02. The lowest BCUT2D eigenvalue weighted by Crippen LogP contribution is -2.20. The number of carboxylic acid groups (broad SMARTS) is 1. The lowest BCUT2D eigenvalue weighted by Gasteiger charge is -2.28. The van der Waals surface area contributed by atoms with Crippen LogP contribution in [0.1, 0.15) is 60.6 Å². The van der Waals surface area contributed by atoms with Gasteiger partial charge in [-0.3, -0.25) is 4.79 Å². The second-order valence-corrected chi connectivity index (χ2v) is 6.98. The van der Waals surface area contributed by atoms with Crippen molar-refractivity contribution in [3.8, 4) is 5.75 Å². The van der Waals surface area contributed by atoms with Gasteiger partial charge >= 0.3 is 12.1 Å². The maximum absolute atomic E-state index is 13.3. The highest BCUT2D eigenvalue weighted by Crippen LogP contribution is 2.41. The summed E-state index contributed by atoms with van der Waals surface area (Å²) in [6.45, 7) is 2.18. The van der Waals surface area contributed by atoms with Crippen LogP contribution in [0, 0.1) is 0 Å². The number of hydrogen-bond donors (Lipinski definition) is 1. The summed E-state index contributed by atoms with van der Waals surface area (Å²) in [5.74, 6) is -0.433. The molecule has 0 amide bonds. The number of rotatable bonds is 7. The molecular weight excluding hydrogens is 385 g/mol. The van der Waals surface area contributed by atoms with Crippen LogP contribution in [-0.4, -0.2) is 17.7 Å². The molecule has 29 heavy (non-hydrogen) atoms. The molecule has 7 heteroatoms. The van der Waals surface area contributed by atoms with Crippen LogP contribution in [0.15, 0.2) is 42.5 Å². The van der Waals surface area contributed by atoms with Crippen LogP contribution >= 0.6 is 0 Å². The standard InChI is InChI=1S/C22H23F3O4/c1-2-28-20(13-21(26)27)14-9-11-15(12-10-14)29-19-8-4-5-16-17(19)6-3-7-18(16)22(23,24)25/h3,6-7,9-12,19-20H,2,4-5,8,13H2,1H3,(H,26,27)/t19?,20-/m0/s1. The number of benzene rings is 2. The van der Waals surface area contributed by atoms with Gasteiger partial charge < -0.3 is 14.6 Å². The number of carbonyl (C=O) groups is 1. The van der Waals surface area contributed by atoms with Crippen molar-refractivity contribution in [2.24, 2.45) is 0 Å². The Kier molecular flexibility index (Phi) is 6.47. The van der Waals surface area contributed by atoms with Gasteiger partial charge in [0.05, 0.1) is 18.1 Å². The first-order valence-corrected chi connectivity index (χ1v) is 9.58. The van der Waals surface area contributed by atoms with E-state index in [9.17, 15) is 18.0 Å². The summed E-state index contributed by atoms with van der Waals surface area (Å²) in [5, 5.41) is 9.03. The molecule has 1 aliphatic carbocycles. The molecule has 2 atom stereocenters. The Hall–Kier alpha value is -2.54. The van der Waals surface area contributed by atoms with Gasteiger partial charge in [-0.2, -0.15) is 13.2 Å². The number of fused-ring (bicyclic) bond motifs is 1. The maximum atomic E-state index is 13.3. The minimum atomic E-state index is -4.38. The molecule has 2 aromatic carbocycles. The van der Waals surface area contributed by atoms with E-state index >= 15 is 0 Å². The van der Waals surface area contributed by atoms with Crippen LogP contribution in [0.5, 0.6) is 5.75 Å². The summed E-state index contributed by atoms with van der Waals surface area (Å²) in [6.07, 6.45) is -3.90. The molecule has 0 radical (unpaired) electrons. The van der Waals surface area contributed by atoms with Gasteiger partial charge in [0.25, 0.3) is 0 Å². The summed E-state index contributed by atoms with van der Waals surface area (Å²) >= 11 is 0. The summed E-state index contributed by atoms with van der Waals surface area (Å²) in [7, 11) is 0. The molecule has 4 nitrogen and oxygen atoms in total. The molecule has 0 heterocycles. The lowest BCUT2D eigenvalue weighted by molar-refractivity contribution is -0.140. The first kappa shape index (κ1) is 21.2. The second kappa shape index (κ2) is 8.86. The van der Waals surface area contributed by atoms with E-state index in [4.69, 9.17) is 14.6 Å². The number of hydrogen-bond acceptors (Lipinski definition) is 3. The molecular formula is C22H23F3O4. The van der Waals surface area contributed by atoms with E-state index in [-0.39, 0.29) is 6.42 Å². The second-order valence-electron chi connectivity index (χ2n) is 6.98. The van der Waals surface area contributed by atoms with Gasteiger partial charge in [-0.15, -0.1) is 0 Å². The maximum Gasteiger partial charge on any atom is 0.416 e. The van der Waals surface area contributed by atoms with E-state index in [0.717, 1.165) is 6.07 Å². The molecule has 3 rings (SSSR count). The lowest BCUT2D eigenvalue weighted by atomic mass is 9.86. The van der Waals surface area contributed by atoms with Gasteiger partial charge in [0.2, 0.25) is 0 Å². The summed E-state index contributed by atoms with van der Waals surface area (Å²) in [6, 6.07) is 11.1. The summed E-state index contributed by atoms with van der Waals surface area (Å²) in [5.41, 5.74) is 1.01. The van der Waals surface area contributed by atoms with Crippen molar-refractivity contribution in [1.29, 1.82) is 0 Å². The highest BCUT2D eigenvalue weighted by atomic mass is 19.4. The monoisotopic (exact) mass is 408 g/mol. The Bertz CT molecular complexity index is 846. The van der Waals surface area contributed by atoms with Gasteiger partial charge in [-0.25, -0.2) is 0 Å². The van der Waals surface area contributed by atoms with Crippen molar-refractivity contribution in [2.45, 2.75) is 51.0 Å². The molecule has 1 N–H and O–H groups in total. The molecule has 1 unspecified atom stereocenters. The first-order valence-electron chi connectivity index (χ1n) is 9.58. The van der Waals surface area contributed by atoms with Gasteiger partial charge in [0.15, 0.2) is 0 Å². The van der Waals surface area contributed by atoms with Crippen LogP contribution < -0.4 is 4.74 Å². The molecule has 0 aliphatic heterocycles. The number of alkyl halides is 3. The van der Waals surface area contributed by atoms with Crippen LogP contribution in [0.2, 0.25) is 0 Å². The third-order valence-electron chi connectivity index (χ3n) is 5.02. The van der Waals surface area contributed by atoms with Crippen molar-refractivity contribution in [3.63, 3.8) is 0 Å². The van der Waals surface area contributed by atoms with E-state index in [1.54, 1.807) is 37.3 Å². The van der Waals surface area contributed by atoms with Crippen molar-refractivity contribution in [3.05, 3.63) is 64.7 Å². The fourth-order valence-electron chi connectivity index (χ4n) is 3.75. The molecule has 0 fully saturated rings. The van der Waals surface area contributed by atoms with Crippen LogP contribution in [0.25, 0.3) is 0 Å². The molecule has 0 bridgehead atoms. The van der Waals surface area contributed by atoms with Crippen molar-refractivity contribution in [1.82, 2.24) is 0 Å². The molecule has 0 saturated carbocycles. The minimum absolute atomic E-state index is 0.149. The third kappa shape index (κ3) is 5.09. The number of ether oxygens (including phenoxy) is 2. The molecule has 0 aromatic heterocycles. The fourth-order valence-corrected chi connectivity index (χ4v) is 3.75. The van der Waals surface area contributed by atoms with E-state index in [2.05, 4.69) is 0 Å². The molecule has 2 aromatic rings. The van der Waals surface area contributed by atoms with E-state index in [0.29, 0.717) is 48.3 Å². The van der Waals surface area contributed by atoms with Gasteiger partial charge in [-0.05, 0) is 61.1 Å². The zero-order chi connectivity index (χ0) is 21.0. The summed E-state index contributed by atoms with van der Waals surface area (Å²) in [4.78, 5) is 11.0. The average molecular weight is 408 g/mol. The van der Waals surface area contributed by atoms with Gasteiger partial charge in [0, 0.05) is 6.61 Å². The predicted molar refractivity (Wildman–Crippen MR) is 101 cm³/mol. The molecule has 0 saturated heterocycles. The fraction of sp³-hybridized carbons (Fsp3) is 0.409.